The van der Waals surface area contributed by atoms with Gasteiger partial charge in [0.25, 0.3) is 5.91 Å². The Morgan fingerprint density at radius 2 is 1.81 bits per heavy atom. The van der Waals surface area contributed by atoms with Gasteiger partial charge in [-0.3, -0.25) is 4.79 Å². The summed E-state index contributed by atoms with van der Waals surface area (Å²) in [6.45, 7) is 2.91. The topological polar surface area (TPSA) is 69.0 Å². The highest BCUT2D eigenvalue weighted by Gasteiger charge is 2.19. The van der Waals surface area contributed by atoms with Crippen molar-refractivity contribution in [3.63, 3.8) is 0 Å². The highest BCUT2D eigenvalue weighted by Crippen LogP contribution is 2.25. The molecule has 7 heteroatoms. The first-order chi connectivity index (χ1) is 15.1. The van der Waals surface area contributed by atoms with Crippen LogP contribution in [0.3, 0.4) is 0 Å². The molecule has 156 valence electrons. The van der Waals surface area contributed by atoms with E-state index in [2.05, 4.69) is 15.4 Å². The number of carbonyl (C=O) groups excluding carboxylic acids is 1. The number of hydrogen-bond donors (Lipinski definition) is 1. The standard InChI is InChI=1S/C24H21ClN4O2/c1-2-31-21-13-11-20(12-14-21)29-23(18-9-6-10-19(25)15-18)27-22(28-29)24(30)26-16-17-7-4-3-5-8-17/h3-15H,2,16H2,1H3,(H,26,30). The molecule has 0 unspecified atom stereocenters. The van der Waals surface area contributed by atoms with Crippen LogP contribution in [0.25, 0.3) is 17.1 Å². The number of rotatable bonds is 7. The van der Waals surface area contributed by atoms with Crippen LogP contribution in [-0.2, 0) is 6.54 Å². The van der Waals surface area contributed by atoms with Crippen LogP contribution in [0.5, 0.6) is 5.75 Å². The molecule has 4 rings (SSSR count). The zero-order chi connectivity index (χ0) is 21.6. The SMILES string of the molecule is CCOc1ccc(-n2nc(C(=O)NCc3ccccc3)nc2-c2cccc(Cl)c2)cc1. The third kappa shape index (κ3) is 4.92. The van der Waals surface area contributed by atoms with Crippen molar-refractivity contribution in [1.82, 2.24) is 20.1 Å². The van der Waals surface area contributed by atoms with Crippen molar-refractivity contribution in [3.05, 3.63) is 95.3 Å². The number of ether oxygens (including phenoxy) is 1. The largest absolute Gasteiger partial charge is 0.494 e. The summed E-state index contributed by atoms with van der Waals surface area (Å²) >= 11 is 6.18. The average Bonchev–Trinajstić information content (AvgIpc) is 3.25. The predicted molar refractivity (Wildman–Crippen MR) is 121 cm³/mol. The lowest BCUT2D eigenvalue weighted by atomic mass is 10.2. The summed E-state index contributed by atoms with van der Waals surface area (Å²) in [6, 6.07) is 24.5. The van der Waals surface area contributed by atoms with Crippen molar-refractivity contribution in [2.24, 2.45) is 0 Å². The first-order valence-electron chi connectivity index (χ1n) is 9.92. The van der Waals surface area contributed by atoms with E-state index in [9.17, 15) is 4.79 Å². The first kappa shape index (κ1) is 20.6. The molecule has 0 fully saturated rings. The molecule has 0 saturated carbocycles. The fraction of sp³-hybridized carbons (Fsp3) is 0.125. The quantitative estimate of drug-likeness (QED) is 0.450. The van der Waals surface area contributed by atoms with Crippen LogP contribution < -0.4 is 10.1 Å². The van der Waals surface area contributed by atoms with Gasteiger partial charge in [-0.25, -0.2) is 9.67 Å². The third-order valence-electron chi connectivity index (χ3n) is 4.58. The summed E-state index contributed by atoms with van der Waals surface area (Å²) < 4.78 is 7.16. The van der Waals surface area contributed by atoms with Gasteiger partial charge < -0.3 is 10.1 Å². The van der Waals surface area contributed by atoms with Crippen LogP contribution >= 0.6 is 11.6 Å². The zero-order valence-corrected chi connectivity index (χ0v) is 17.7. The molecular formula is C24H21ClN4O2. The van der Waals surface area contributed by atoms with E-state index < -0.39 is 0 Å². The Morgan fingerprint density at radius 1 is 1.03 bits per heavy atom. The maximum atomic E-state index is 12.8. The van der Waals surface area contributed by atoms with E-state index in [0.29, 0.717) is 24.0 Å². The van der Waals surface area contributed by atoms with Crippen LogP contribution in [0.4, 0.5) is 0 Å². The maximum absolute atomic E-state index is 12.8. The van der Waals surface area contributed by atoms with Gasteiger partial charge in [0.05, 0.1) is 12.3 Å². The highest BCUT2D eigenvalue weighted by atomic mass is 35.5. The van der Waals surface area contributed by atoms with E-state index >= 15 is 0 Å². The van der Waals surface area contributed by atoms with Crippen LogP contribution in [-0.4, -0.2) is 27.3 Å². The molecule has 1 heterocycles. The molecule has 0 aliphatic carbocycles. The van der Waals surface area contributed by atoms with Crippen molar-refractivity contribution < 1.29 is 9.53 Å². The van der Waals surface area contributed by atoms with E-state index in [1.807, 2.05) is 73.7 Å². The van der Waals surface area contributed by atoms with Crippen molar-refractivity contribution in [2.45, 2.75) is 13.5 Å². The summed E-state index contributed by atoms with van der Waals surface area (Å²) in [5.74, 6) is 1.02. The van der Waals surface area contributed by atoms with Gasteiger partial charge >= 0.3 is 0 Å². The number of halogens is 1. The summed E-state index contributed by atoms with van der Waals surface area (Å²) in [5.41, 5.74) is 2.51. The van der Waals surface area contributed by atoms with Crippen molar-refractivity contribution >= 4 is 17.5 Å². The van der Waals surface area contributed by atoms with Crippen molar-refractivity contribution in [3.8, 4) is 22.8 Å². The Balaban J connectivity index is 1.67. The van der Waals surface area contributed by atoms with Gasteiger partial charge in [-0.2, -0.15) is 0 Å². The first-order valence-corrected chi connectivity index (χ1v) is 10.3. The lowest BCUT2D eigenvalue weighted by Crippen LogP contribution is -2.24. The average molecular weight is 433 g/mol. The van der Waals surface area contributed by atoms with E-state index in [0.717, 1.165) is 22.6 Å². The third-order valence-corrected chi connectivity index (χ3v) is 4.82. The molecule has 0 radical (unpaired) electrons. The minimum absolute atomic E-state index is 0.0831. The van der Waals surface area contributed by atoms with Gasteiger partial charge in [0, 0.05) is 17.1 Å². The Labute approximate surface area is 185 Å². The number of nitrogens with one attached hydrogen (secondary N) is 1. The molecule has 0 aliphatic heterocycles. The molecule has 1 N–H and O–H groups in total. The molecule has 0 bridgehead atoms. The van der Waals surface area contributed by atoms with Crippen LogP contribution in [0.1, 0.15) is 23.1 Å². The fourth-order valence-electron chi connectivity index (χ4n) is 3.11. The van der Waals surface area contributed by atoms with Gasteiger partial charge in [-0.1, -0.05) is 54.1 Å². The minimum atomic E-state index is -0.350. The van der Waals surface area contributed by atoms with E-state index in [1.165, 1.54) is 0 Å². The van der Waals surface area contributed by atoms with Gasteiger partial charge in [0.15, 0.2) is 5.82 Å². The lowest BCUT2D eigenvalue weighted by molar-refractivity contribution is 0.0940. The Kier molecular flexibility index (Phi) is 6.29. The summed E-state index contributed by atoms with van der Waals surface area (Å²) in [5, 5.41) is 7.93. The summed E-state index contributed by atoms with van der Waals surface area (Å²) in [6.07, 6.45) is 0. The van der Waals surface area contributed by atoms with E-state index in [1.54, 1.807) is 16.8 Å². The second kappa shape index (κ2) is 9.45. The Morgan fingerprint density at radius 3 is 2.52 bits per heavy atom. The molecule has 0 atom stereocenters. The lowest BCUT2D eigenvalue weighted by Gasteiger charge is -2.08. The molecule has 3 aromatic carbocycles. The molecule has 31 heavy (non-hydrogen) atoms. The Hall–Kier alpha value is -3.64. The number of nitrogens with zero attached hydrogens (tertiary/aromatic N) is 3. The number of carbonyl (C=O) groups is 1. The minimum Gasteiger partial charge on any atom is -0.494 e. The summed E-state index contributed by atoms with van der Waals surface area (Å²) in [7, 11) is 0. The van der Waals surface area contributed by atoms with E-state index in [4.69, 9.17) is 16.3 Å². The molecule has 0 saturated heterocycles. The molecule has 4 aromatic rings. The molecule has 6 nitrogen and oxygen atoms in total. The fourth-order valence-corrected chi connectivity index (χ4v) is 3.30. The zero-order valence-electron chi connectivity index (χ0n) is 17.0. The van der Waals surface area contributed by atoms with Crippen molar-refractivity contribution in [1.29, 1.82) is 0 Å². The normalized spacial score (nSPS) is 10.6. The summed E-state index contributed by atoms with van der Waals surface area (Å²) in [4.78, 5) is 17.3. The highest BCUT2D eigenvalue weighted by molar-refractivity contribution is 6.30. The Bertz CT molecular complexity index is 1170. The van der Waals surface area contributed by atoms with Crippen LogP contribution in [0.2, 0.25) is 5.02 Å². The number of hydrogen-bond acceptors (Lipinski definition) is 4. The molecule has 0 aliphatic rings. The number of amides is 1. The molecule has 1 amide bonds. The van der Waals surface area contributed by atoms with Crippen molar-refractivity contribution in [2.75, 3.05) is 6.61 Å². The second-order valence-electron chi connectivity index (χ2n) is 6.78. The maximum Gasteiger partial charge on any atom is 0.291 e. The van der Waals surface area contributed by atoms with Gasteiger partial charge in [-0.05, 0) is 48.9 Å². The number of aromatic nitrogens is 3. The predicted octanol–water partition coefficient (Wildman–Crippen LogP) is 4.92. The smallest absolute Gasteiger partial charge is 0.291 e. The molecular weight excluding hydrogens is 412 g/mol. The van der Waals surface area contributed by atoms with Crippen LogP contribution in [0.15, 0.2) is 78.9 Å². The second-order valence-corrected chi connectivity index (χ2v) is 7.21. The van der Waals surface area contributed by atoms with Gasteiger partial charge in [-0.15, -0.1) is 5.10 Å². The monoisotopic (exact) mass is 432 g/mol. The molecule has 0 spiro atoms. The van der Waals surface area contributed by atoms with Gasteiger partial charge in [0.2, 0.25) is 5.82 Å². The van der Waals surface area contributed by atoms with E-state index in [-0.39, 0.29) is 11.7 Å². The van der Waals surface area contributed by atoms with Gasteiger partial charge in [0.1, 0.15) is 5.75 Å². The van der Waals surface area contributed by atoms with Crippen LogP contribution in [0, 0.1) is 0 Å². The number of benzene rings is 3. The molecule has 1 aromatic heterocycles.